The number of hydrogen-bond donors (Lipinski definition) is 1. The van der Waals surface area contributed by atoms with Crippen molar-refractivity contribution in [2.75, 3.05) is 23.4 Å². The van der Waals surface area contributed by atoms with Gasteiger partial charge < -0.3 is 4.74 Å². The highest BCUT2D eigenvalue weighted by molar-refractivity contribution is 7.99. The minimum Gasteiger partial charge on any atom is -0.371 e. The molecule has 2 rings (SSSR count). The summed E-state index contributed by atoms with van der Waals surface area (Å²) in [6.45, 7) is 0.765. The summed E-state index contributed by atoms with van der Waals surface area (Å²) >= 11 is 2.80. The lowest BCUT2D eigenvalue weighted by molar-refractivity contribution is -0.113. The molecule has 1 saturated heterocycles. The molecule has 1 aromatic rings. The molecule has 2 heterocycles. The van der Waals surface area contributed by atoms with Crippen molar-refractivity contribution in [1.82, 2.24) is 10.2 Å². The van der Waals surface area contributed by atoms with E-state index in [0.29, 0.717) is 23.1 Å². The number of nitrogens with zero attached hydrogens (tertiary/aromatic N) is 3. The number of nitriles is 1. The van der Waals surface area contributed by atoms with E-state index in [9.17, 15) is 4.79 Å². The van der Waals surface area contributed by atoms with Crippen LogP contribution in [0.4, 0.5) is 5.13 Å². The van der Waals surface area contributed by atoms with Gasteiger partial charge in [0.2, 0.25) is 11.0 Å². The number of thioether (sulfide) groups is 1. The molecule has 1 atom stereocenters. The van der Waals surface area contributed by atoms with Gasteiger partial charge in [-0.05, 0) is 12.8 Å². The van der Waals surface area contributed by atoms with Gasteiger partial charge >= 0.3 is 0 Å². The SMILES string of the molecule is N#CCCSCC(=O)Nc1nnc(C2CCCO2)s1. The zero-order chi connectivity index (χ0) is 13.5. The van der Waals surface area contributed by atoms with Gasteiger partial charge in [-0.25, -0.2) is 0 Å². The maximum atomic E-state index is 11.6. The Labute approximate surface area is 119 Å². The molecule has 1 N–H and O–H groups in total. The summed E-state index contributed by atoms with van der Waals surface area (Å²) in [5.74, 6) is 0.885. The van der Waals surface area contributed by atoms with Crippen LogP contribution in [0.5, 0.6) is 0 Å². The third-order valence-corrected chi connectivity index (χ3v) is 4.37. The van der Waals surface area contributed by atoms with Gasteiger partial charge in [0.25, 0.3) is 0 Å². The highest BCUT2D eigenvalue weighted by Crippen LogP contribution is 2.31. The van der Waals surface area contributed by atoms with Crippen LogP contribution >= 0.6 is 23.1 Å². The Hall–Kier alpha value is -1.17. The smallest absolute Gasteiger partial charge is 0.236 e. The van der Waals surface area contributed by atoms with E-state index in [0.717, 1.165) is 24.5 Å². The fourth-order valence-corrected chi connectivity index (χ4v) is 3.11. The third kappa shape index (κ3) is 4.45. The summed E-state index contributed by atoms with van der Waals surface area (Å²) in [6.07, 6.45) is 2.50. The van der Waals surface area contributed by atoms with Crippen molar-refractivity contribution < 1.29 is 9.53 Å². The topological polar surface area (TPSA) is 87.9 Å². The number of ether oxygens (including phenoxy) is 1. The minimum atomic E-state index is -0.113. The largest absolute Gasteiger partial charge is 0.371 e. The highest BCUT2D eigenvalue weighted by atomic mass is 32.2. The third-order valence-electron chi connectivity index (χ3n) is 2.48. The van der Waals surface area contributed by atoms with Crippen molar-refractivity contribution in [2.24, 2.45) is 0 Å². The van der Waals surface area contributed by atoms with E-state index >= 15 is 0 Å². The number of carbonyl (C=O) groups is 1. The number of amides is 1. The molecule has 1 aliphatic rings. The van der Waals surface area contributed by atoms with E-state index < -0.39 is 0 Å². The number of nitrogens with one attached hydrogen (secondary N) is 1. The molecule has 0 aromatic carbocycles. The first-order valence-electron chi connectivity index (χ1n) is 5.99. The molecule has 1 amide bonds. The van der Waals surface area contributed by atoms with Crippen molar-refractivity contribution >= 4 is 34.1 Å². The Bertz CT molecular complexity index is 466. The van der Waals surface area contributed by atoms with Gasteiger partial charge in [-0.2, -0.15) is 17.0 Å². The molecule has 19 heavy (non-hydrogen) atoms. The molecule has 0 spiro atoms. The van der Waals surface area contributed by atoms with Gasteiger partial charge in [-0.1, -0.05) is 11.3 Å². The van der Waals surface area contributed by atoms with E-state index in [1.807, 2.05) is 6.07 Å². The van der Waals surface area contributed by atoms with Gasteiger partial charge in [-0.3, -0.25) is 10.1 Å². The molecule has 6 nitrogen and oxygen atoms in total. The summed E-state index contributed by atoms with van der Waals surface area (Å²) < 4.78 is 5.51. The molecular weight excluding hydrogens is 284 g/mol. The Morgan fingerprint density at radius 1 is 1.63 bits per heavy atom. The van der Waals surface area contributed by atoms with Crippen LogP contribution in [0.1, 0.15) is 30.4 Å². The first-order valence-corrected chi connectivity index (χ1v) is 7.96. The van der Waals surface area contributed by atoms with Crippen molar-refractivity contribution in [1.29, 1.82) is 5.26 Å². The van der Waals surface area contributed by atoms with Crippen LogP contribution in [0.15, 0.2) is 0 Å². The van der Waals surface area contributed by atoms with Crippen LogP contribution < -0.4 is 5.32 Å². The van der Waals surface area contributed by atoms with E-state index in [4.69, 9.17) is 10.00 Å². The van der Waals surface area contributed by atoms with Crippen LogP contribution in [0.3, 0.4) is 0 Å². The van der Waals surface area contributed by atoms with Crippen LogP contribution in [-0.2, 0) is 9.53 Å². The Morgan fingerprint density at radius 3 is 3.26 bits per heavy atom. The van der Waals surface area contributed by atoms with Crippen LogP contribution in [0.25, 0.3) is 0 Å². The minimum absolute atomic E-state index is 0.0353. The monoisotopic (exact) mass is 298 g/mol. The van der Waals surface area contributed by atoms with Crippen molar-refractivity contribution in [3.8, 4) is 6.07 Å². The van der Waals surface area contributed by atoms with Crippen molar-refractivity contribution in [3.05, 3.63) is 5.01 Å². The number of carbonyl (C=O) groups excluding carboxylic acids is 1. The molecule has 1 aromatic heterocycles. The lowest BCUT2D eigenvalue weighted by Crippen LogP contribution is -2.14. The molecule has 0 saturated carbocycles. The first kappa shape index (κ1) is 14.2. The van der Waals surface area contributed by atoms with E-state index in [-0.39, 0.29) is 12.0 Å². The number of anilines is 1. The van der Waals surface area contributed by atoms with E-state index in [1.165, 1.54) is 23.1 Å². The predicted octanol–water partition coefficient (Wildman–Crippen LogP) is 1.97. The molecule has 0 bridgehead atoms. The Balaban J connectivity index is 1.76. The molecule has 8 heteroatoms. The zero-order valence-corrected chi connectivity index (χ0v) is 11.9. The van der Waals surface area contributed by atoms with Crippen LogP contribution in [-0.4, -0.2) is 34.2 Å². The number of rotatable bonds is 6. The van der Waals surface area contributed by atoms with Crippen molar-refractivity contribution in [2.45, 2.75) is 25.4 Å². The maximum absolute atomic E-state index is 11.6. The first-order chi connectivity index (χ1) is 9.29. The second kappa shape index (κ2) is 7.43. The summed E-state index contributed by atoms with van der Waals surface area (Å²) in [5.41, 5.74) is 0. The molecule has 0 radical (unpaired) electrons. The molecule has 1 fully saturated rings. The standard InChI is InChI=1S/C11H14N4O2S2/c12-4-2-6-18-7-9(16)13-11-15-14-10(19-11)8-3-1-5-17-8/h8H,1-3,5-7H2,(H,13,15,16). The number of aromatic nitrogens is 2. The molecule has 0 aliphatic carbocycles. The lowest BCUT2D eigenvalue weighted by atomic mass is 10.2. The lowest BCUT2D eigenvalue weighted by Gasteiger charge is -2.02. The van der Waals surface area contributed by atoms with Gasteiger partial charge in [-0.15, -0.1) is 10.2 Å². The maximum Gasteiger partial charge on any atom is 0.236 e. The molecule has 102 valence electrons. The zero-order valence-electron chi connectivity index (χ0n) is 10.3. The Kier molecular flexibility index (Phi) is 5.57. The fraction of sp³-hybridized carbons (Fsp3) is 0.636. The van der Waals surface area contributed by atoms with Crippen LogP contribution in [0.2, 0.25) is 0 Å². The summed E-state index contributed by atoms with van der Waals surface area (Å²) in [7, 11) is 0. The average molecular weight is 298 g/mol. The van der Waals surface area contributed by atoms with Gasteiger partial charge in [0.1, 0.15) is 11.1 Å². The second-order valence-electron chi connectivity index (χ2n) is 3.96. The molecule has 1 aliphatic heterocycles. The van der Waals surface area contributed by atoms with Gasteiger partial charge in [0.15, 0.2) is 0 Å². The van der Waals surface area contributed by atoms with E-state index in [2.05, 4.69) is 15.5 Å². The van der Waals surface area contributed by atoms with Crippen LogP contribution in [0, 0.1) is 11.3 Å². The summed E-state index contributed by atoms with van der Waals surface area (Å²) in [4.78, 5) is 11.6. The van der Waals surface area contributed by atoms with Gasteiger partial charge in [0.05, 0.1) is 11.8 Å². The van der Waals surface area contributed by atoms with Gasteiger partial charge in [0, 0.05) is 18.8 Å². The highest BCUT2D eigenvalue weighted by Gasteiger charge is 2.22. The second-order valence-corrected chi connectivity index (χ2v) is 6.07. The normalized spacial score (nSPS) is 18.2. The summed E-state index contributed by atoms with van der Waals surface area (Å²) in [5, 5.41) is 20.4. The number of hydrogen-bond acceptors (Lipinski definition) is 7. The average Bonchev–Trinajstić information content (AvgIpc) is 3.04. The van der Waals surface area contributed by atoms with E-state index in [1.54, 1.807) is 0 Å². The fourth-order valence-electron chi connectivity index (χ4n) is 1.63. The Morgan fingerprint density at radius 2 is 2.53 bits per heavy atom. The molecular formula is C11H14N4O2S2. The van der Waals surface area contributed by atoms with Crippen molar-refractivity contribution in [3.63, 3.8) is 0 Å². The predicted molar refractivity (Wildman–Crippen MR) is 74.0 cm³/mol. The molecule has 1 unspecified atom stereocenters. The quantitative estimate of drug-likeness (QED) is 0.808. The summed E-state index contributed by atoms with van der Waals surface area (Å²) in [6, 6.07) is 2.04.